The molecule has 214 valence electrons. The summed E-state index contributed by atoms with van der Waals surface area (Å²) >= 11 is 6.24. The molecule has 10 nitrogen and oxygen atoms in total. The van der Waals surface area contributed by atoms with E-state index in [-0.39, 0.29) is 30.7 Å². The van der Waals surface area contributed by atoms with Crippen LogP contribution in [0.1, 0.15) is 31.2 Å². The van der Waals surface area contributed by atoms with Gasteiger partial charge >= 0.3 is 0 Å². The van der Waals surface area contributed by atoms with Gasteiger partial charge in [-0.2, -0.15) is 5.21 Å². The van der Waals surface area contributed by atoms with Gasteiger partial charge < -0.3 is 11.5 Å². The van der Waals surface area contributed by atoms with Gasteiger partial charge in [0.05, 0.1) is 11.7 Å². The number of amides is 2. The summed E-state index contributed by atoms with van der Waals surface area (Å²) in [5.41, 5.74) is 16.1. The maximum absolute atomic E-state index is 13.8. The van der Waals surface area contributed by atoms with Crippen molar-refractivity contribution in [2.75, 3.05) is 11.4 Å². The van der Waals surface area contributed by atoms with E-state index < -0.39 is 11.9 Å². The van der Waals surface area contributed by atoms with Crippen molar-refractivity contribution in [3.63, 3.8) is 0 Å². The molecule has 1 atom stereocenters. The van der Waals surface area contributed by atoms with E-state index in [0.717, 1.165) is 29.5 Å². The Kier molecular flexibility index (Phi) is 10.2. The van der Waals surface area contributed by atoms with E-state index in [0.29, 0.717) is 47.5 Å². The van der Waals surface area contributed by atoms with Crippen LogP contribution in [0.2, 0.25) is 5.15 Å². The van der Waals surface area contributed by atoms with Crippen LogP contribution in [0, 0.1) is 11.8 Å². The number of imide groups is 1. The minimum absolute atomic E-state index is 0. The van der Waals surface area contributed by atoms with Crippen LogP contribution in [0.15, 0.2) is 66.9 Å². The van der Waals surface area contributed by atoms with Crippen molar-refractivity contribution in [1.29, 1.82) is 0 Å². The number of aromatic nitrogens is 5. The molecule has 2 aromatic heterocycles. The van der Waals surface area contributed by atoms with Crippen molar-refractivity contribution in [2.24, 2.45) is 23.3 Å². The van der Waals surface area contributed by atoms with Crippen LogP contribution in [-0.2, 0) is 16.0 Å². The number of nitrogens with zero attached hydrogens (tertiary/aromatic N) is 5. The summed E-state index contributed by atoms with van der Waals surface area (Å²) in [5.74, 6) is -0.111. The van der Waals surface area contributed by atoms with Crippen LogP contribution in [0.3, 0.4) is 0 Å². The number of aromatic amines is 1. The van der Waals surface area contributed by atoms with Gasteiger partial charge in [-0.25, -0.2) is 9.88 Å². The highest BCUT2D eigenvalue weighted by Gasteiger charge is 2.35. The normalized spacial score (nSPS) is 17.3. The Morgan fingerprint density at radius 1 is 1.00 bits per heavy atom. The number of carbonyl (C=O) groups excluding carboxylic acids is 2. The third-order valence-corrected chi connectivity index (χ3v) is 7.80. The molecule has 5 rings (SSSR count). The minimum Gasteiger partial charge on any atom is -0.330 e. The Labute approximate surface area is 249 Å². The molecule has 0 radical (unpaired) electrons. The average molecular weight is 596 g/mol. The van der Waals surface area contributed by atoms with Gasteiger partial charge in [0.25, 0.3) is 5.91 Å². The van der Waals surface area contributed by atoms with Crippen molar-refractivity contribution in [2.45, 2.75) is 38.1 Å². The zero-order valence-electron chi connectivity index (χ0n) is 22.3. The first-order valence-corrected chi connectivity index (χ1v) is 13.7. The van der Waals surface area contributed by atoms with E-state index in [1.165, 1.54) is 4.90 Å². The second-order valence-electron chi connectivity index (χ2n) is 10.1. The number of tetrazole rings is 1. The Bertz CT molecular complexity index is 1440. The summed E-state index contributed by atoms with van der Waals surface area (Å²) in [5, 5.41) is 14.4. The number of benzene rings is 2. The Morgan fingerprint density at radius 3 is 2.29 bits per heavy atom. The zero-order chi connectivity index (χ0) is 28.1. The Morgan fingerprint density at radius 2 is 1.68 bits per heavy atom. The molecule has 1 fully saturated rings. The van der Waals surface area contributed by atoms with Gasteiger partial charge in [0, 0.05) is 23.2 Å². The van der Waals surface area contributed by atoms with Crippen LogP contribution in [-0.4, -0.2) is 50.0 Å². The van der Waals surface area contributed by atoms with Gasteiger partial charge in [-0.1, -0.05) is 35.9 Å². The lowest BCUT2D eigenvalue weighted by molar-refractivity contribution is -0.130. The first kappa shape index (κ1) is 30.3. The lowest BCUT2D eigenvalue weighted by Crippen LogP contribution is -2.50. The zero-order valence-corrected chi connectivity index (χ0v) is 23.9. The molecule has 4 aromatic rings. The predicted molar refractivity (Wildman–Crippen MR) is 160 cm³/mol. The van der Waals surface area contributed by atoms with Gasteiger partial charge in [-0.3, -0.25) is 9.59 Å². The van der Waals surface area contributed by atoms with Crippen LogP contribution in [0.25, 0.3) is 22.5 Å². The highest BCUT2D eigenvalue weighted by molar-refractivity contribution is 6.32. The fourth-order valence-electron chi connectivity index (χ4n) is 5.16. The average Bonchev–Trinajstić information content (AvgIpc) is 3.53. The molecule has 0 aliphatic heterocycles. The number of halogens is 2. The smallest absolute Gasteiger partial charge is 0.251 e. The third-order valence-electron chi connectivity index (χ3n) is 7.50. The Balaban J connectivity index is 0.00000387. The minimum atomic E-state index is -0.922. The van der Waals surface area contributed by atoms with Crippen molar-refractivity contribution in [3.05, 3.63) is 77.6 Å². The number of hydrogen-bond acceptors (Lipinski definition) is 8. The van der Waals surface area contributed by atoms with Gasteiger partial charge in [-0.15, -0.1) is 22.6 Å². The topological polar surface area (TPSA) is 157 Å². The summed E-state index contributed by atoms with van der Waals surface area (Å²) in [7, 11) is 0. The molecule has 12 heteroatoms. The van der Waals surface area contributed by atoms with Gasteiger partial charge in [0.1, 0.15) is 5.15 Å². The van der Waals surface area contributed by atoms with Gasteiger partial charge in [-0.05, 0) is 97.3 Å². The summed E-state index contributed by atoms with van der Waals surface area (Å²) < 4.78 is 0. The van der Waals surface area contributed by atoms with Crippen molar-refractivity contribution in [3.8, 4) is 22.5 Å². The molecule has 2 heterocycles. The molecular weight excluding hydrogens is 563 g/mol. The number of H-pyrrole nitrogens is 1. The van der Waals surface area contributed by atoms with E-state index >= 15 is 0 Å². The van der Waals surface area contributed by atoms with E-state index in [2.05, 4.69) is 25.6 Å². The number of anilines is 1. The molecule has 41 heavy (non-hydrogen) atoms. The van der Waals surface area contributed by atoms with Crippen molar-refractivity contribution >= 4 is 41.5 Å². The maximum atomic E-state index is 13.8. The summed E-state index contributed by atoms with van der Waals surface area (Å²) in [6.45, 7) is 0.609. The molecule has 1 aliphatic carbocycles. The lowest BCUT2D eigenvalue weighted by atomic mass is 9.81. The van der Waals surface area contributed by atoms with Crippen molar-refractivity contribution < 1.29 is 9.59 Å². The first-order valence-electron chi connectivity index (χ1n) is 13.3. The number of pyridine rings is 1. The largest absolute Gasteiger partial charge is 0.330 e. The molecule has 1 saturated carbocycles. The summed E-state index contributed by atoms with van der Waals surface area (Å²) in [6.07, 6.45) is 5.03. The monoisotopic (exact) mass is 594 g/mol. The molecule has 0 unspecified atom stereocenters. The second kappa shape index (κ2) is 13.8. The fraction of sp³-hybridized carbons (Fsp3) is 0.310. The molecule has 2 aromatic carbocycles. The van der Waals surface area contributed by atoms with Crippen molar-refractivity contribution in [1.82, 2.24) is 25.6 Å². The molecule has 1 aliphatic rings. The highest BCUT2D eigenvalue weighted by Crippen LogP contribution is 2.32. The molecule has 0 spiro atoms. The number of carbonyl (C=O) groups is 2. The fourth-order valence-corrected chi connectivity index (χ4v) is 5.39. The molecular formula is C29H32Cl2N8O2. The highest BCUT2D eigenvalue weighted by atomic mass is 35.5. The number of nitrogens with two attached hydrogens (primary N) is 2. The van der Waals surface area contributed by atoms with Crippen LogP contribution >= 0.6 is 24.0 Å². The van der Waals surface area contributed by atoms with Gasteiger partial charge in [0.2, 0.25) is 11.7 Å². The second-order valence-corrected chi connectivity index (χ2v) is 10.5. The molecule has 5 N–H and O–H groups in total. The summed E-state index contributed by atoms with van der Waals surface area (Å²) in [6, 6.07) is 17.4. The Hall–Kier alpha value is -3.70. The van der Waals surface area contributed by atoms with E-state index in [1.807, 2.05) is 36.4 Å². The standard InChI is InChI=1S/C29H31ClN8O2.ClH/c30-26-24(2-1-15-33-26)20-7-3-18(4-8-20)16-25(32)29(40)38(28(39)22-9-5-19(17-31)6-10-22)23-13-11-21(12-14-23)27-34-36-37-35-27;/h1-4,7-8,11-15,19,22,25H,5-6,9-10,16-17,31-32H2,(H,34,35,36,37);1H/t19?,22?,25-;/m0./s1. The number of hydrogen-bond donors (Lipinski definition) is 3. The quantitative estimate of drug-likeness (QED) is 0.256. The third kappa shape index (κ3) is 6.97. The van der Waals surface area contributed by atoms with Gasteiger partial charge in [0.15, 0.2) is 0 Å². The lowest BCUT2D eigenvalue weighted by Gasteiger charge is -2.32. The number of rotatable bonds is 8. The number of nitrogens with one attached hydrogen (secondary N) is 1. The van der Waals surface area contributed by atoms with Crippen LogP contribution in [0.5, 0.6) is 0 Å². The molecule has 0 saturated heterocycles. The first-order chi connectivity index (χ1) is 19.4. The molecule has 2 amide bonds. The van der Waals surface area contributed by atoms with Crippen LogP contribution < -0.4 is 16.4 Å². The molecule has 0 bridgehead atoms. The van der Waals surface area contributed by atoms with E-state index in [1.54, 1.807) is 30.5 Å². The van der Waals surface area contributed by atoms with E-state index in [4.69, 9.17) is 23.1 Å². The summed E-state index contributed by atoms with van der Waals surface area (Å²) in [4.78, 5) is 33.0. The van der Waals surface area contributed by atoms with Crippen LogP contribution in [0.4, 0.5) is 5.69 Å². The SMILES string of the molecule is Cl.NCC1CCC(C(=O)N(C(=O)[C@@H](N)Cc2ccc(-c3cccnc3Cl)cc2)c2ccc(-c3nn[nH]n3)cc2)CC1. The maximum Gasteiger partial charge on any atom is 0.251 e. The van der Waals surface area contributed by atoms with E-state index in [9.17, 15) is 9.59 Å². The predicted octanol–water partition coefficient (Wildman–Crippen LogP) is 4.20.